The highest BCUT2D eigenvalue weighted by atomic mass is 19.2. The Kier molecular flexibility index (Phi) is 8.21. The van der Waals surface area contributed by atoms with Crippen molar-refractivity contribution < 1.29 is 32.7 Å². The molecular formula is C26H33F2N3O5. The van der Waals surface area contributed by atoms with Gasteiger partial charge in [-0.2, -0.15) is 0 Å². The summed E-state index contributed by atoms with van der Waals surface area (Å²) in [4.78, 5) is 52.0. The maximum absolute atomic E-state index is 14.2. The lowest BCUT2D eigenvalue weighted by Gasteiger charge is -2.26. The van der Waals surface area contributed by atoms with Crippen LogP contribution in [0, 0.1) is 23.5 Å². The van der Waals surface area contributed by atoms with Gasteiger partial charge in [0.1, 0.15) is 12.1 Å². The standard InChI is InChI=1S/C26H33F2N3O5/c1-36-26(35)21(12-16-7-8-16)30-25(34)20(11-15-5-6-15)29-22(32)13-18-9-10-23(33)31(18)14-17-3-2-4-19(27)24(17)28/h2-4,15-16,18,20-21H,5-14H2,1H3,(H,29,32)(H,30,34)/t18-,20-,21-/m0/s1. The molecule has 3 fully saturated rings. The molecule has 3 amide bonds. The first-order chi connectivity index (χ1) is 17.2. The van der Waals surface area contributed by atoms with E-state index >= 15 is 0 Å². The molecule has 0 unspecified atom stereocenters. The predicted octanol–water partition coefficient (Wildman–Crippen LogP) is 2.59. The Bertz CT molecular complexity index is 1010. The van der Waals surface area contributed by atoms with E-state index in [0.717, 1.165) is 31.7 Å². The Hall–Kier alpha value is -3.04. The van der Waals surface area contributed by atoms with E-state index < -0.39 is 47.5 Å². The van der Waals surface area contributed by atoms with E-state index in [1.165, 1.54) is 24.1 Å². The molecular weight excluding hydrogens is 472 g/mol. The highest BCUT2D eigenvalue weighted by molar-refractivity contribution is 5.91. The Morgan fingerprint density at radius 2 is 1.69 bits per heavy atom. The molecule has 2 aliphatic carbocycles. The molecule has 2 N–H and O–H groups in total. The zero-order valence-electron chi connectivity index (χ0n) is 20.4. The molecule has 1 aromatic rings. The van der Waals surface area contributed by atoms with Gasteiger partial charge in [-0.1, -0.05) is 37.8 Å². The molecule has 10 heteroatoms. The summed E-state index contributed by atoms with van der Waals surface area (Å²) < 4.78 is 32.6. The maximum atomic E-state index is 14.2. The molecule has 3 atom stereocenters. The first-order valence-electron chi connectivity index (χ1n) is 12.6. The molecule has 1 aliphatic heterocycles. The van der Waals surface area contributed by atoms with Gasteiger partial charge in [0.25, 0.3) is 0 Å². The van der Waals surface area contributed by atoms with Gasteiger partial charge >= 0.3 is 5.97 Å². The molecule has 1 saturated heterocycles. The largest absolute Gasteiger partial charge is 0.467 e. The summed E-state index contributed by atoms with van der Waals surface area (Å²) in [5, 5.41) is 5.55. The minimum atomic E-state index is -1.01. The SMILES string of the molecule is COC(=O)[C@H](CC1CC1)NC(=O)[C@H](CC1CC1)NC(=O)C[C@@H]1CCC(=O)N1Cc1cccc(F)c1F. The molecule has 0 spiro atoms. The van der Waals surface area contributed by atoms with E-state index in [1.807, 2.05) is 0 Å². The second-order valence-electron chi connectivity index (χ2n) is 10.2. The van der Waals surface area contributed by atoms with Crippen LogP contribution in [0.15, 0.2) is 18.2 Å². The van der Waals surface area contributed by atoms with Crippen molar-refractivity contribution in [2.24, 2.45) is 11.8 Å². The third-order valence-electron chi connectivity index (χ3n) is 7.23. The molecule has 4 rings (SSSR count). The van der Waals surface area contributed by atoms with E-state index in [4.69, 9.17) is 4.74 Å². The van der Waals surface area contributed by atoms with Crippen molar-refractivity contribution in [2.75, 3.05) is 7.11 Å². The van der Waals surface area contributed by atoms with Crippen LogP contribution in [0.1, 0.15) is 63.4 Å². The molecule has 0 aromatic heterocycles. The minimum absolute atomic E-state index is 0.0474. The normalized spacial score (nSPS) is 21.1. The predicted molar refractivity (Wildman–Crippen MR) is 125 cm³/mol. The highest BCUT2D eigenvalue weighted by Crippen LogP contribution is 2.35. The third kappa shape index (κ3) is 6.79. The number of methoxy groups -OCH3 is 1. The van der Waals surface area contributed by atoms with E-state index in [0.29, 0.717) is 31.1 Å². The van der Waals surface area contributed by atoms with Crippen molar-refractivity contribution in [1.82, 2.24) is 15.5 Å². The lowest BCUT2D eigenvalue weighted by Crippen LogP contribution is -2.52. The number of esters is 1. The number of hydrogen-bond donors (Lipinski definition) is 2. The summed E-state index contributed by atoms with van der Waals surface area (Å²) in [7, 11) is 1.28. The van der Waals surface area contributed by atoms with Crippen LogP contribution in [0.3, 0.4) is 0 Å². The third-order valence-corrected chi connectivity index (χ3v) is 7.23. The van der Waals surface area contributed by atoms with Crippen LogP contribution in [0.4, 0.5) is 8.78 Å². The number of rotatable bonds is 12. The number of likely N-dealkylation sites (tertiary alicyclic amines) is 1. The van der Waals surface area contributed by atoms with Crippen LogP contribution in [-0.4, -0.2) is 53.8 Å². The van der Waals surface area contributed by atoms with Crippen LogP contribution in [-0.2, 0) is 30.5 Å². The fourth-order valence-corrected chi connectivity index (χ4v) is 4.78. The number of carbonyl (C=O) groups excluding carboxylic acids is 4. The molecule has 0 bridgehead atoms. The van der Waals surface area contributed by atoms with Crippen LogP contribution in [0.25, 0.3) is 0 Å². The number of amides is 3. The van der Waals surface area contributed by atoms with Crippen LogP contribution >= 0.6 is 0 Å². The van der Waals surface area contributed by atoms with Crippen LogP contribution < -0.4 is 10.6 Å². The van der Waals surface area contributed by atoms with Crippen molar-refractivity contribution in [1.29, 1.82) is 0 Å². The Balaban J connectivity index is 1.37. The first kappa shape index (κ1) is 26.0. The summed E-state index contributed by atoms with van der Waals surface area (Å²) in [5.41, 5.74) is 0.0474. The Morgan fingerprint density at radius 3 is 2.33 bits per heavy atom. The van der Waals surface area contributed by atoms with Crippen molar-refractivity contribution in [2.45, 2.75) is 82.5 Å². The molecule has 0 radical (unpaired) electrons. The highest BCUT2D eigenvalue weighted by Gasteiger charge is 2.37. The molecule has 1 heterocycles. The van der Waals surface area contributed by atoms with Crippen molar-refractivity contribution in [3.8, 4) is 0 Å². The summed E-state index contributed by atoms with van der Waals surface area (Å²) in [6.07, 6.45) is 5.54. The van der Waals surface area contributed by atoms with Gasteiger partial charge in [0.15, 0.2) is 11.6 Å². The maximum Gasteiger partial charge on any atom is 0.328 e. The average molecular weight is 506 g/mol. The number of benzene rings is 1. The Labute approximate surface area is 209 Å². The summed E-state index contributed by atoms with van der Waals surface area (Å²) in [6.45, 7) is -0.131. The number of halogens is 2. The monoisotopic (exact) mass is 505 g/mol. The fourth-order valence-electron chi connectivity index (χ4n) is 4.78. The van der Waals surface area contributed by atoms with E-state index in [-0.39, 0.29) is 30.9 Å². The van der Waals surface area contributed by atoms with Gasteiger partial charge < -0.3 is 20.3 Å². The van der Waals surface area contributed by atoms with Gasteiger partial charge in [-0.25, -0.2) is 13.6 Å². The number of hydrogen-bond acceptors (Lipinski definition) is 5. The van der Waals surface area contributed by atoms with Gasteiger partial charge in [-0.05, 0) is 37.2 Å². The van der Waals surface area contributed by atoms with Crippen LogP contribution in [0.5, 0.6) is 0 Å². The summed E-state index contributed by atoms with van der Waals surface area (Å²) >= 11 is 0. The zero-order chi connectivity index (χ0) is 25.8. The average Bonchev–Trinajstić information content (AvgIpc) is 3.78. The summed E-state index contributed by atoms with van der Waals surface area (Å²) in [6, 6.07) is 1.76. The molecule has 196 valence electrons. The topological polar surface area (TPSA) is 105 Å². The van der Waals surface area contributed by atoms with E-state index in [9.17, 15) is 28.0 Å². The number of nitrogens with one attached hydrogen (secondary N) is 2. The van der Waals surface area contributed by atoms with Crippen molar-refractivity contribution >= 4 is 23.7 Å². The van der Waals surface area contributed by atoms with E-state index in [1.54, 1.807) is 0 Å². The van der Waals surface area contributed by atoms with Gasteiger partial charge in [-0.3, -0.25) is 14.4 Å². The molecule has 3 aliphatic rings. The fraction of sp³-hybridized carbons (Fsp3) is 0.615. The quantitative estimate of drug-likeness (QED) is 0.425. The van der Waals surface area contributed by atoms with Crippen molar-refractivity contribution in [3.63, 3.8) is 0 Å². The Morgan fingerprint density at radius 1 is 1.03 bits per heavy atom. The molecule has 2 saturated carbocycles. The molecule has 1 aromatic carbocycles. The first-order valence-corrected chi connectivity index (χ1v) is 12.6. The molecule has 8 nitrogen and oxygen atoms in total. The molecule has 36 heavy (non-hydrogen) atoms. The summed E-state index contributed by atoms with van der Waals surface area (Å²) in [5.74, 6) is -2.84. The van der Waals surface area contributed by atoms with Gasteiger partial charge in [0.2, 0.25) is 17.7 Å². The van der Waals surface area contributed by atoms with Gasteiger partial charge in [-0.15, -0.1) is 0 Å². The second kappa shape index (κ2) is 11.3. The van der Waals surface area contributed by atoms with E-state index in [2.05, 4.69) is 10.6 Å². The minimum Gasteiger partial charge on any atom is -0.467 e. The smallest absolute Gasteiger partial charge is 0.328 e. The van der Waals surface area contributed by atoms with Crippen molar-refractivity contribution in [3.05, 3.63) is 35.4 Å². The van der Waals surface area contributed by atoms with Gasteiger partial charge in [0, 0.05) is 31.0 Å². The second-order valence-corrected chi connectivity index (χ2v) is 10.2. The number of nitrogens with zero attached hydrogens (tertiary/aromatic N) is 1. The zero-order valence-corrected chi connectivity index (χ0v) is 20.4. The van der Waals surface area contributed by atoms with Crippen LogP contribution in [0.2, 0.25) is 0 Å². The lowest BCUT2D eigenvalue weighted by molar-refractivity contribution is -0.145. The lowest BCUT2D eigenvalue weighted by atomic mass is 10.1. The number of ether oxygens (including phenoxy) is 1. The number of carbonyl (C=O) groups is 4. The van der Waals surface area contributed by atoms with Gasteiger partial charge in [0.05, 0.1) is 7.11 Å².